The van der Waals surface area contributed by atoms with Gasteiger partial charge in [0.15, 0.2) is 0 Å². The van der Waals surface area contributed by atoms with E-state index in [-0.39, 0.29) is 0 Å². The third-order valence-corrected chi connectivity index (χ3v) is 11.1. The lowest BCUT2D eigenvalue weighted by molar-refractivity contribution is 1.12. The second-order valence-corrected chi connectivity index (χ2v) is 14.4. The quantitative estimate of drug-likeness (QED) is 0.109. The minimum atomic E-state index is 1.03. The van der Waals surface area contributed by atoms with Gasteiger partial charge in [-0.25, -0.2) is 0 Å². The van der Waals surface area contributed by atoms with Crippen molar-refractivity contribution >= 4 is 73.0 Å². The van der Waals surface area contributed by atoms with Crippen LogP contribution in [-0.2, 0) is 0 Å². The molecule has 0 radical (unpaired) electrons. The Morgan fingerprint density at radius 2 is 0.948 bits per heavy atom. The summed E-state index contributed by atoms with van der Waals surface area (Å²) in [7, 11) is 0. The summed E-state index contributed by atoms with van der Waals surface area (Å²) in [6.07, 6.45) is 9.50. The van der Waals surface area contributed by atoms with Gasteiger partial charge in [-0.2, -0.15) is 0 Å². The van der Waals surface area contributed by atoms with E-state index in [1.165, 1.54) is 21.5 Å². The van der Waals surface area contributed by atoms with Crippen LogP contribution in [0.15, 0.2) is 212 Å². The molecular formula is C53H39N5. The third kappa shape index (κ3) is 5.97. The van der Waals surface area contributed by atoms with Gasteiger partial charge in [-0.3, -0.25) is 9.98 Å². The molecule has 0 amide bonds. The zero-order chi connectivity index (χ0) is 39.0. The van der Waals surface area contributed by atoms with Crippen LogP contribution in [0.2, 0.25) is 0 Å². The molecule has 0 aliphatic carbocycles. The van der Waals surface area contributed by atoms with Gasteiger partial charge >= 0.3 is 0 Å². The van der Waals surface area contributed by atoms with Crippen molar-refractivity contribution in [3.63, 3.8) is 0 Å². The lowest BCUT2D eigenvalue weighted by atomic mass is 10.0. The van der Waals surface area contributed by atoms with Crippen LogP contribution < -0.4 is 4.90 Å². The smallest absolute Gasteiger partial charge is 0.0541 e. The Kier molecular flexibility index (Phi) is 8.81. The number of pyridine rings is 1. The van der Waals surface area contributed by atoms with E-state index in [2.05, 4.69) is 201 Å². The molecule has 5 nitrogen and oxygen atoms in total. The maximum absolute atomic E-state index is 4.24. The molecule has 0 aliphatic rings. The highest BCUT2D eigenvalue weighted by Crippen LogP contribution is 2.42. The zero-order valence-electron chi connectivity index (χ0n) is 32.1. The van der Waals surface area contributed by atoms with E-state index >= 15 is 0 Å². The van der Waals surface area contributed by atoms with Crippen LogP contribution in [-0.4, -0.2) is 20.8 Å². The molecule has 0 atom stereocenters. The van der Waals surface area contributed by atoms with E-state index in [0.29, 0.717) is 0 Å². The molecule has 0 fully saturated rings. The van der Waals surface area contributed by atoms with Crippen LogP contribution in [0, 0.1) is 0 Å². The lowest BCUT2D eigenvalue weighted by Crippen LogP contribution is -2.12. The average molecular weight is 746 g/mol. The van der Waals surface area contributed by atoms with Crippen molar-refractivity contribution in [3.8, 4) is 22.5 Å². The van der Waals surface area contributed by atoms with Crippen molar-refractivity contribution < 1.29 is 0 Å². The molecule has 10 aromatic rings. The van der Waals surface area contributed by atoms with Gasteiger partial charge in [0.2, 0.25) is 0 Å². The highest BCUT2D eigenvalue weighted by Gasteiger charge is 2.20. The van der Waals surface area contributed by atoms with Crippen molar-refractivity contribution in [1.29, 1.82) is 0 Å². The van der Waals surface area contributed by atoms with E-state index in [1.54, 1.807) is 6.20 Å². The predicted molar refractivity (Wildman–Crippen MR) is 245 cm³/mol. The number of benzene rings is 7. The summed E-state index contributed by atoms with van der Waals surface area (Å²) in [6, 6.07) is 63.6. The standard InChI is InChI=1S/C53H39N5/c1-3-37(28-31-54-2)38-20-24-41(25-21-38)56(42-26-22-39(23-27-42)40-29-32-55-33-30-40)43-34-44(57-50-16-8-4-12-46(50)47-13-5-9-17-51(47)57)36-45(35-43)58-52-18-10-6-14-48(52)49-15-7-11-19-53(49)58/h3-36H,2H2,1H3/b31-28-,37-3+. The number of rotatable bonds is 9. The minimum Gasteiger partial charge on any atom is -0.310 e. The Labute approximate surface area is 337 Å². The van der Waals surface area contributed by atoms with Crippen LogP contribution >= 0.6 is 0 Å². The Morgan fingerprint density at radius 1 is 0.517 bits per heavy atom. The minimum absolute atomic E-state index is 1.03. The summed E-state index contributed by atoms with van der Waals surface area (Å²) >= 11 is 0. The lowest BCUT2D eigenvalue weighted by Gasteiger charge is -2.28. The molecule has 0 aliphatic heterocycles. The molecule has 0 saturated heterocycles. The van der Waals surface area contributed by atoms with Gasteiger partial charge in [-0.15, -0.1) is 0 Å². The normalized spacial score (nSPS) is 12.0. The Bertz CT molecular complexity index is 2950. The van der Waals surface area contributed by atoms with E-state index in [9.17, 15) is 0 Å². The van der Waals surface area contributed by atoms with Crippen LogP contribution in [0.25, 0.3) is 71.7 Å². The summed E-state index contributed by atoms with van der Waals surface area (Å²) < 4.78 is 4.83. The molecule has 0 spiro atoms. The summed E-state index contributed by atoms with van der Waals surface area (Å²) in [6.45, 7) is 5.68. The first kappa shape index (κ1) is 34.7. The van der Waals surface area contributed by atoms with E-state index in [1.807, 2.05) is 37.5 Å². The molecule has 7 aromatic carbocycles. The number of hydrogen-bond acceptors (Lipinski definition) is 3. The zero-order valence-corrected chi connectivity index (χ0v) is 32.1. The molecule has 0 bridgehead atoms. The fourth-order valence-electron chi connectivity index (χ4n) is 8.46. The van der Waals surface area contributed by atoms with E-state index in [4.69, 9.17) is 0 Å². The van der Waals surface area contributed by atoms with Crippen molar-refractivity contribution in [3.05, 3.63) is 212 Å². The van der Waals surface area contributed by atoms with Gasteiger partial charge in [0.1, 0.15) is 0 Å². The molecule has 0 N–H and O–H groups in total. The average Bonchev–Trinajstić information content (AvgIpc) is 3.81. The molecule has 0 unspecified atom stereocenters. The highest BCUT2D eigenvalue weighted by molar-refractivity contribution is 6.10. The first-order chi connectivity index (χ1) is 28.7. The van der Waals surface area contributed by atoms with Gasteiger partial charge in [0.05, 0.1) is 39.1 Å². The Balaban J connectivity index is 1.26. The van der Waals surface area contributed by atoms with Crippen molar-refractivity contribution in [2.75, 3.05) is 4.90 Å². The first-order valence-corrected chi connectivity index (χ1v) is 19.5. The fraction of sp³-hybridized carbons (Fsp3) is 0.0189. The molecular weight excluding hydrogens is 707 g/mol. The molecule has 5 heteroatoms. The predicted octanol–water partition coefficient (Wildman–Crippen LogP) is 14.0. The van der Waals surface area contributed by atoms with Gasteiger partial charge in [0, 0.05) is 51.5 Å². The number of allylic oxidation sites excluding steroid dienone is 3. The number of aromatic nitrogens is 3. The van der Waals surface area contributed by atoms with Crippen LogP contribution in [0.4, 0.5) is 17.1 Å². The topological polar surface area (TPSA) is 38.4 Å². The maximum Gasteiger partial charge on any atom is 0.0541 e. The monoisotopic (exact) mass is 745 g/mol. The molecule has 10 rings (SSSR count). The largest absolute Gasteiger partial charge is 0.310 e. The van der Waals surface area contributed by atoms with Gasteiger partial charge in [-0.1, -0.05) is 103 Å². The molecule has 3 heterocycles. The molecule has 3 aromatic heterocycles. The third-order valence-electron chi connectivity index (χ3n) is 11.1. The molecule has 0 saturated carbocycles. The summed E-state index contributed by atoms with van der Waals surface area (Å²) in [5.74, 6) is 0. The SMILES string of the molecule is C=N/C=C\C(=C/C)c1ccc(N(c2ccc(-c3ccncc3)cc2)c2cc(-n3c4ccccc4c4ccccc43)cc(-n3c4ccccc4c4ccccc43)c2)cc1. The van der Waals surface area contributed by atoms with Gasteiger partial charge in [-0.05, 0) is 121 Å². The second-order valence-electron chi connectivity index (χ2n) is 14.4. The van der Waals surface area contributed by atoms with Crippen molar-refractivity contribution in [2.45, 2.75) is 6.92 Å². The Hall–Kier alpha value is -7.76. The number of fused-ring (bicyclic) bond motifs is 6. The molecule has 58 heavy (non-hydrogen) atoms. The van der Waals surface area contributed by atoms with Crippen molar-refractivity contribution in [2.24, 2.45) is 4.99 Å². The van der Waals surface area contributed by atoms with Crippen molar-refractivity contribution in [1.82, 2.24) is 14.1 Å². The summed E-state index contributed by atoms with van der Waals surface area (Å²) in [4.78, 5) is 10.6. The van der Waals surface area contributed by atoms with Gasteiger partial charge in [0.25, 0.3) is 0 Å². The van der Waals surface area contributed by atoms with E-state index < -0.39 is 0 Å². The summed E-state index contributed by atoms with van der Waals surface area (Å²) in [5, 5.41) is 4.89. The number of nitrogens with zero attached hydrogens (tertiary/aromatic N) is 5. The van der Waals surface area contributed by atoms with E-state index in [0.717, 1.165) is 72.8 Å². The highest BCUT2D eigenvalue weighted by atomic mass is 15.1. The first-order valence-electron chi connectivity index (χ1n) is 19.5. The number of hydrogen-bond donors (Lipinski definition) is 0. The van der Waals surface area contributed by atoms with Crippen LogP contribution in [0.3, 0.4) is 0 Å². The number of anilines is 3. The summed E-state index contributed by atoms with van der Waals surface area (Å²) in [5.41, 5.74) is 14.3. The van der Waals surface area contributed by atoms with Gasteiger partial charge < -0.3 is 14.0 Å². The second kappa shape index (κ2) is 14.7. The maximum atomic E-state index is 4.24. The molecule has 276 valence electrons. The van der Waals surface area contributed by atoms with Crippen LogP contribution in [0.5, 0.6) is 0 Å². The fourth-order valence-corrected chi connectivity index (χ4v) is 8.46. The van der Waals surface area contributed by atoms with Crippen LogP contribution in [0.1, 0.15) is 12.5 Å². The Morgan fingerprint density at radius 3 is 1.40 bits per heavy atom. The number of aliphatic imine (C=N–C) groups is 1. The number of para-hydroxylation sites is 4.